The second-order valence-corrected chi connectivity index (χ2v) is 5.31. The summed E-state index contributed by atoms with van der Waals surface area (Å²) in [7, 11) is 1.97. The van der Waals surface area contributed by atoms with Crippen molar-refractivity contribution in [2.45, 2.75) is 44.7 Å². The van der Waals surface area contributed by atoms with Gasteiger partial charge in [-0.2, -0.15) is 5.10 Å². The summed E-state index contributed by atoms with van der Waals surface area (Å²) in [5.41, 5.74) is 1.16. The maximum absolute atomic E-state index is 5.92. The minimum atomic E-state index is 0.712. The zero-order chi connectivity index (χ0) is 12.1. The third-order valence-corrected chi connectivity index (χ3v) is 3.77. The van der Waals surface area contributed by atoms with Crippen molar-refractivity contribution >= 4 is 11.6 Å². The van der Waals surface area contributed by atoms with E-state index in [1.165, 1.54) is 32.1 Å². The molecule has 0 saturated heterocycles. The smallest absolute Gasteiger partial charge is 0.0764 e. The van der Waals surface area contributed by atoms with Crippen LogP contribution in [-0.2, 0) is 13.6 Å². The molecule has 1 saturated carbocycles. The van der Waals surface area contributed by atoms with Crippen LogP contribution in [0, 0.1) is 0 Å². The lowest BCUT2D eigenvalue weighted by molar-refractivity contribution is 0.155. The topological polar surface area (TPSA) is 21.1 Å². The number of hydrogen-bond donors (Lipinski definition) is 0. The summed E-state index contributed by atoms with van der Waals surface area (Å²) in [6.07, 6.45) is 8.79. The number of rotatable bonds is 5. The Morgan fingerprint density at radius 3 is 2.76 bits per heavy atom. The fourth-order valence-corrected chi connectivity index (χ4v) is 2.92. The van der Waals surface area contributed by atoms with Gasteiger partial charge in [-0.25, -0.2) is 0 Å². The number of nitrogens with zero attached hydrogens (tertiary/aromatic N) is 3. The molecule has 17 heavy (non-hydrogen) atoms. The van der Waals surface area contributed by atoms with Crippen molar-refractivity contribution in [3.05, 3.63) is 18.0 Å². The number of halogens is 1. The fourth-order valence-electron chi connectivity index (χ4n) is 2.70. The normalized spacial score (nSPS) is 17.8. The van der Waals surface area contributed by atoms with Crippen LogP contribution >= 0.6 is 11.6 Å². The minimum absolute atomic E-state index is 0.712. The first-order chi connectivity index (χ1) is 8.29. The van der Waals surface area contributed by atoms with Gasteiger partial charge < -0.3 is 0 Å². The minimum Gasteiger partial charge on any atom is -0.293 e. The van der Waals surface area contributed by atoms with E-state index in [1.807, 2.05) is 17.9 Å². The molecule has 1 aliphatic carbocycles. The standard InChI is InChI=1S/C13H22ClN3/c1-16-9-7-12(15-16)11-17(10-8-14)13-5-3-2-4-6-13/h7,9,13H,2-6,8,10-11H2,1H3. The summed E-state index contributed by atoms with van der Waals surface area (Å²) in [5.74, 6) is 0.712. The highest BCUT2D eigenvalue weighted by atomic mass is 35.5. The average Bonchev–Trinajstić information content (AvgIpc) is 2.75. The van der Waals surface area contributed by atoms with Crippen molar-refractivity contribution in [3.63, 3.8) is 0 Å². The summed E-state index contributed by atoms with van der Waals surface area (Å²) in [6.45, 7) is 1.92. The van der Waals surface area contributed by atoms with E-state index in [0.29, 0.717) is 11.9 Å². The van der Waals surface area contributed by atoms with E-state index in [2.05, 4.69) is 16.1 Å². The molecular weight excluding hydrogens is 234 g/mol. The zero-order valence-electron chi connectivity index (χ0n) is 10.6. The number of aryl methyl sites for hydroxylation is 1. The molecule has 3 nitrogen and oxygen atoms in total. The van der Waals surface area contributed by atoms with Gasteiger partial charge in [-0.1, -0.05) is 19.3 Å². The Morgan fingerprint density at radius 2 is 2.18 bits per heavy atom. The van der Waals surface area contributed by atoms with Crippen LogP contribution in [0.4, 0.5) is 0 Å². The molecule has 0 radical (unpaired) electrons. The molecule has 1 aromatic rings. The Labute approximate surface area is 109 Å². The Balaban J connectivity index is 1.95. The molecule has 0 aromatic carbocycles. The molecule has 0 N–H and O–H groups in total. The van der Waals surface area contributed by atoms with Crippen molar-refractivity contribution in [3.8, 4) is 0 Å². The van der Waals surface area contributed by atoms with Crippen molar-refractivity contribution in [2.75, 3.05) is 12.4 Å². The van der Waals surface area contributed by atoms with E-state index in [0.717, 1.165) is 18.8 Å². The maximum Gasteiger partial charge on any atom is 0.0764 e. The summed E-state index contributed by atoms with van der Waals surface area (Å²) in [6, 6.07) is 2.81. The van der Waals surface area contributed by atoms with Gasteiger partial charge in [0.1, 0.15) is 0 Å². The SMILES string of the molecule is Cn1ccc(CN(CCCl)C2CCCCC2)n1. The molecular formula is C13H22ClN3. The molecule has 1 fully saturated rings. The van der Waals surface area contributed by atoms with E-state index in [1.54, 1.807) is 0 Å². The van der Waals surface area contributed by atoms with Crippen LogP contribution in [-0.4, -0.2) is 33.1 Å². The van der Waals surface area contributed by atoms with Crippen LogP contribution in [0.3, 0.4) is 0 Å². The molecule has 96 valence electrons. The van der Waals surface area contributed by atoms with E-state index in [4.69, 9.17) is 11.6 Å². The Hall–Kier alpha value is -0.540. The van der Waals surface area contributed by atoms with Gasteiger partial charge in [-0.3, -0.25) is 9.58 Å². The van der Waals surface area contributed by atoms with E-state index in [-0.39, 0.29) is 0 Å². The maximum atomic E-state index is 5.92. The quantitative estimate of drug-likeness (QED) is 0.755. The molecule has 4 heteroatoms. The van der Waals surface area contributed by atoms with Crippen LogP contribution in [0.2, 0.25) is 0 Å². The lowest BCUT2D eigenvalue weighted by atomic mass is 9.94. The first-order valence-electron chi connectivity index (χ1n) is 6.58. The van der Waals surface area contributed by atoms with E-state index < -0.39 is 0 Å². The van der Waals surface area contributed by atoms with Crippen LogP contribution in [0.1, 0.15) is 37.8 Å². The lowest BCUT2D eigenvalue weighted by Gasteiger charge is -2.33. The van der Waals surface area contributed by atoms with Gasteiger partial charge in [-0.05, 0) is 18.9 Å². The summed E-state index contributed by atoms with van der Waals surface area (Å²) in [5, 5.41) is 4.46. The largest absolute Gasteiger partial charge is 0.293 e. The van der Waals surface area contributed by atoms with Gasteiger partial charge in [0.15, 0.2) is 0 Å². The highest BCUT2D eigenvalue weighted by molar-refractivity contribution is 6.18. The molecule has 0 unspecified atom stereocenters. The zero-order valence-corrected chi connectivity index (χ0v) is 11.4. The second kappa shape index (κ2) is 6.41. The molecule has 0 amide bonds. The molecule has 0 bridgehead atoms. The predicted octanol–water partition coefficient (Wildman–Crippen LogP) is 2.79. The van der Waals surface area contributed by atoms with E-state index >= 15 is 0 Å². The first kappa shape index (κ1) is 12.9. The van der Waals surface area contributed by atoms with Gasteiger partial charge in [-0.15, -0.1) is 11.6 Å². The third kappa shape index (κ3) is 3.71. The number of alkyl halides is 1. The van der Waals surface area contributed by atoms with Gasteiger partial charge in [0.05, 0.1) is 5.69 Å². The van der Waals surface area contributed by atoms with Crippen molar-refractivity contribution in [1.29, 1.82) is 0 Å². The van der Waals surface area contributed by atoms with Crippen LogP contribution in [0.5, 0.6) is 0 Å². The second-order valence-electron chi connectivity index (χ2n) is 4.93. The van der Waals surface area contributed by atoms with Crippen LogP contribution in [0.15, 0.2) is 12.3 Å². The highest BCUT2D eigenvalue weighted by Gasteiger charge is 2.21. The van der Waals surface area contributed by atoms with E-state index in [9.17, 15) is 0 Å². The molecule has 0 aliphatic heterocycles. The van der Waals surface area contributed by atoms with Gasteiger partial charge in [0, 0.05) is 38.3 Å². The summed E-state index contributed by atoms with van der Waals surface area (Å²) < 4.78 is 1.87. The molecule has 1 aliphatic rings. The van der Waals surface area contributed by atoms with Crippen molar-refractivity contribution in [2.24, 2.45) is 7.05 Å². The highest BCUT2D eigenvalue weighted by Crippen LogP contribution is 2.23. The van der Waals surface area contributed by atoms with Crippen LogP contribution in [0.25, 0.3) is 0 Å². The number of aromatic nitrogens is 2. The predicted molar refractivity (Wildman–Crippen MR) is 71.2 cm³/mol. The summed E-state index contributed by atoms with van der Waals surface area (Å²) in [4.78, 5) is 2.51. The summed E-state index contributed by atoms with van der Waals surface area (Å²) >= 11 is 5.92. The monoisotopic (exact) mass is 255 g/mol. The molecule has 0 atom stereocenters. The molecule has 1 aromatic heterocycles. The molecule has 1 heterocycles. The number of hydrogen-bond acceptors (Lipinski definition) is 2. The Morgan fingerprint density at radius 1 is 1.41 bits per heavy atom. The molecule has 2 rings (SSSR count). The average molecular weight is 256 g/mol. The van der Waals surface area contributed by atoms with Crippen LogP contribution < -0.4 is 0 Å². The van der Waals surface area contributed by atoms with Gasteiger partial charge in [0.25, 0.3) is 0 Å². The Bertz CT molecular complexity index is 331. The first-order valence-corrected chi connectivity index (χ1v) is 7.11. The Kier molecular flexibility index (Phi) is 4.86. The van der Waals surface area contributed by atoms with Crippen molar-refractivity contribution in [1.82, 2.24) is 14.7 Å². The fraction of sp³-hybridized carbons (Fsp3) is 0.769. The third-order valence-electron chi connectivity index (χ3n) is 3.60. The molecule has 0 spiro atoms. The van der Waals surface area contributed by atoms with Gasteiger partial charge in [0.2, 0.25) is 0 Å². The van der Waals surface area contributed by atoms with Gasteiger partial charge >= 0.3 is 0 Å². The van der Waals surface area contributed by atoms with Crippen molar-refractivity contribution < 1.29 is 0 Å². The lowest BCUT2D eigenvalue weighted by Crippen LogP contribution is -2.37.